The molecule has 2 rings (SSSR count). The first-order chi connectivity index (χ1) is 7.93. The van der Waals surface area contributed by atoms with Crippen molar-refractivity contribution in [3.63, 3.8) is 0 Å². The summed E-state index contributed by atoms with van der Waals surface area (Å²) in [6.45, 7) is 0. The van der Waals surface area contributed by atoms with E-state index in [1.807, 2.05) is 0 Å². The molecule has 0 aliphatic rings. The van der Waals surface area contributed by atoms with Crippen LogP contribution in [0.3, 0.4) is 0 Å². The van der Waals surface area contributed by atoms with Crippen LogP contribution in [0.15, 0.2) is 17.1 Å². The zero-order chi connectivity index (χ0) is 12.7. The number of aromatic carboxylic acids is 1. The van der Waals surface area contributed by atoms with Gasteiger partial charge in [-0.3, -0.25) is 4.79 Å². The highest BCUT2D eigenvalue weighted by molar-refractivity contribution is 5.92. The molecule has 0 saturated heterocycles. The van der Waals surface area contributed by atoms with E-state index in [1.54, 1.807) is 0 Å². The van der Waals surface area contributed by atoms with Crippen molar-refractivity contribution in [2.75, 3.05) is 0 Å². The van der Waals surface area contributed by atoms with Crippen molar-refractivity contribution < 1.29 is 23.1 Å². The molecule has 0 fully saturated rings. The SMILES string of the molecule is O=C(O)c1c[nH]c2c(F)c(F)cc(F)c2c1=O. The standard InChI is InChI=1S/C10H4F3NO3/c11-4-1-5(12)7(13)8-6(4)9(15)3(2-14-8)10(16)17/h1-2H,(H,14,15)(H,16,17). The molecule has 1 heterocycles. The van der Waals surface area contributed by atoms with E-state index in [9.17, 15) is 22.8 Å². The second-order valence-electron chi connectivity index (χ2n) is 3.24. The fraction of sp³-hybridized carbons (Fsp3) is 0. The number of aromatic nitrogens is 1. The number of benzene rings is 1. The lowest BCUT2D eigenvalue weighted by molar-refractivity contribution is 0.0695. The molecule has 2 aromatic rings. The Balaban J connectivity index is 3.02. The summed E-state index contributed by atoms with van der Waals surface area (Å²) in [4.78, 5) is 24.2. The van der Waals surface area contributed by atoms with Gasteiger partial charge in [-0.15, -0.1) is 0 Å². The van der Waals surface area contributed by atoms with Gasteiger partial charge in [-0.25, -0.2) is 18.0 Å². The number of H-pyrrole nitrogens is 1. The second kappa shape index (κ2) is 3.62. The molecule has 0 unspecified atom stereocenters. The van der Waals surface area contributed by atoms with E-state index in [1.165, 1.54) is 0 Å². The van der Waals surface area contributed by atoms with Crippen molar-refractivity contribution in [3.8, 4) is 0 Å². The number of fused-ring (bicyclic) bond motifs is 1. The van der Waals surface area contributed by atoms with Crippen molar-refractivity contribution in [2.24, 2.45) is 0 Å². The molecule has 1 aromatic carbocycles. The lowest BCUT2D eigenvalue weighted by Gasteiger charge is -2.03. The molecule has 0 aliphatic carbocycles. The van der Waals surface area contributed by atoms with E-state index in [0.29, 0.717) is 6.20 Å². The predicted octanol–water partition coefficient (Wildman–Crippen LogP) is 1.64. The summed E-state index contributed by atoms with van der Waals surface area (Å²) in [7, 11) is 0. The third-order valence-electron chi connectivity index (χ3n) is 2.23. The maximum absolute atomic E-state index is 13.3. The van der Waals surface area contributed by atoms with E-state index in [0.717, 1.165) is 0 Å². The molecule has 4 nitrogen and oxygen atoms in total. The molecule has 0 aliphatic heterocycles. The summed E-state index contributed by atoms with van der Waals surface area (Å²) in [6, 6.07) is 0.193. The monoisotopic (exact) mass is 243 g/mol. The number of carboxylic acids is 1. The molecule has 0 spiro atoms. The first-order valence-corrected chi connectivity index (χ1v) is 4.35. The van der Waals surface area contributed by atoms with Gasteiger partial charge in [0.1, 0.15) is 11.4 Å². The molecule has 0 atom stereocenters. The Kier molecular flexibility index (Phi) is 2.38. The first-order valence-electron chi connectivity index (χ1n) is 4.35. The van der Waals surface area contributed by atoms with Crippen LogP contribution in [0.4, 0.5) is 13.2 Å². The number of halogens is 3. The maximum Gasteiger partial charge on any atom is 0.341 e. The average molecular weight is 243 g/mol. The molecular weight excluding hydrogens is 239 g/mol. The fourth-order valence-electron chi connectivity index (χ4n) is 1.46. The number of hydrogen-bond donors (Lipinski definition) is 2. The minimum absolute atomic E-state index is 0.193. The molecule has 7 heteroatoms. The van der Waals surface area contributed by atoms with Gasteiger partial charge in [-0.2, -0.15) is 0 Å². The Bertz CT molecular complexity index is 693. The average Bonchev–Trinajstić information content (AvgIpc) is 2.25. The molecular formula is C10H4F3NO3. The van der Waals surface area contributed by atoms with Crippen molar-refractivity contribution >= 4 is 16.9 Å². The second-order valence-corrected chi connectivity index (χ2v) is 3.24. The number of carbonyl (C=O) groups is 1. The Morgan fingerprint density at radius 3 is 2.47 bits per heavy atom. The molecule has 0 saturated carbocycles. The van der Waals surface area contributed by atoms with E-state index in [2.05, 4.69) is 4.98 Å². The smallest absolute Gasteiger partial charge is 0.341 e. The number of pyridine rings is 1. The maximum atomic E-state index is 13.3. The largest absolute Gasteiger partial charge is 0.477 e. The van der Waals surface area contributed by atoms with E-state index in [4.69, 9.17) is 5.11 Å². The van der Waals surface area contributed by atoms with Gasteiger partial charge in [0.2, 0.25) is 5.43 Å². The van der Waals surface area contributed by atoms with Gasteiger partial charge < -0.3 is 10.1 Å². The molecule has 17 heavy (non-hydrogen) atoms. The molecule has 0 amide bonds. The summed E-state index contributed by atoms with van der Waals surface area (Å²) in [6.07, 6.45) is 0.689. The third-order valence-corrected chi connectivity index (χ3v) is 2.23. The number of carboxylic acid groups (broad SMARTS) is 1. The highest BCUT2D eigenvalue weighted by Crippen LogP contribution is 2.19. The van der Waals surface area contributed by atoms with E-state index < -0.39 is 45.3 Å². The van der Waals surface area contributed by atoms with Crippen LogP contribution >= 0.6 is 0 Å². The number of nitrogens with one attached hydrogen (secondary N) is 1. The normalized spacial score (nSPS) is 10.8. The highest BCUT2D eigenvalue weighted by Gasteiger charge is 2.19. The van der Waals surface area contributed by atoms with Crippen molar-refractivity contribution in [1.29, 1.82) is 0 Å². The molecule has 0 bridgehead atoms. The van der Waals surface area contributed by atoms with Gasteiger partial charge in [0.05, 0.1) is 10.9 Å². The van der Waals surface area contributed by atoms with Gasteiger partial charge in [-0.05, 0) is 0 Å². The predicted molar refractivity (Wildman–Crippen MR) is 51.4 cm³/mol. The van der Waals surface area contributed by atoms with Gasteiger partial charge in [-0.1, -0.05) is 0 Å². The van der Waals surface area contributed by atoms with Crippen LogP contribution in [0.5, 0.6) is 0 Å². The minimum atomic E-state index is -1.59. The molecule has 88 valence electrons. The van der Waals surface area contributed by atoms with Crippen LogP contribution in [-0.4, -0.2) is 16.1 Å². The van der Waals surface area contributed by atoms with Crippen LogP contribution in [0.1, 0.15) is 10.4 Å². The minimum Gasteiger partial charge on any atom is -0.477 e. The van der Waals surface area contributed by atoms with Crippen molar-refractivity contribution in [2.45, 2.75) is 0 Å². The summed E-state index contributed by atoms with van der Waals surface area (Å²) in [5.41, 5.74) is -2.65. The van der Waals surface area contributed by atoms with Gasteiger partial charge in [0.25, 0.3) is 0 Å². The third kappa shape index (κ3) is 1.55. The Hall–Kier alpha value is -2.31. The zero-order valence-electron chi connectivity index (χ0n) is 8.05. The summed E-state index contributed by atoms with van der Waals surface area (Å²) in [5, 5.41) is 7.81. The quantitative estimate of drug-likeness (QED) is 0.748. The van der Waals surface area contributed by atoms with Crippen LogP contribution < -0.4 is 5.43 Å². The fourth-order valence-corrected chi connectivity index (χ4v) is 1.46. The van der Waals surface area contributed by atoms with E-state index >= 15 is 0 Å². The number of hydrogen-bond acceptors (Lipinski definition) is 2. The molecule has 0 radical (unpaired) electrons. The Morgan fingerprint density at radius 2 is 1.88 bits per heavy atom. The number of rotatable bonds is 1. The highest BCUT2D eigenvalue weighted by atomic mass is 19.2. The van der Waals surface area contributed by atoms with Gasteiger partial charge in [0, 0.05) is 12.3 Å². The lowest BCUT2D eigenvalue weighted by Crippen LogP contribution is -2.17. The van der Waals surface area contributed by atoms with Crippen molar-refractivity contribution in [1.82, 2.24) is 4.98 Å². The number of aromatic amines is 1. The summed E-state index contributed by atoms with van der Waals surface area (Å²) >= 11 is 0. The Morgan fingerprint density at radius 1 is 1.24 bits per heavy atom. The molecule has 2 N–H and O–H groups in total. The van der Waals surface area contributed by atoms with Gasteiger partial charge in [0.15, 0.2) is 11.6 Å². The van der Waals surface area contributed by atoms with Crippen LogP contribution in [0, 0.1) is 17.5 Å². The Labute approximate surface area is 91.3 Å². The van der Waals surface area contributed by atoms with E-state index in [-0.39, 0.29) is 6.07 Å². The summed E-state index contributed by atoms with van der Waals surface area (Å²) in [5.74, 6) is -5.80. The van der Waals surface area contributed by atoms with Gasteiger partial charge >= 0.3 is 5.97 Å². The van der Waals surface area contributed by atoms with Crippen LogP contribution in [-0.2, 0) is 0 Å². The van der Waals surface area contributed by atoms with Crippen LogP contribution in [0.25, 0.3) is 10.9 Å². The summed E-state index contributed by atoms with van der Waals surface area (Å²) < 4.78 is 39.4. The van der Waals surface area contributed by atoms with Crippen molar-refractivity contribution in [3.05, 3.63) is 45.5 Å². The lowest BCUT2D eigenvalue weighted by atomic mass is 10.1. The molecule has 1 aromatic heterocycles. The zero-order valence-corrected chi connectivity index (χ0v) is 8.05. The first kappa shape index (κ1) is 11.2. The topological polar surface area (TPSA) is 70.2 Å². The van der Waals surface area contributed by atoms with Crippen LogP contribution in [0.2, 0.25) is 0 Å².